The highest BCUT2D eigenvalue weighted by atomic mass is 32.2. The maximum absolute atomic E-state index is 13.0. The van der Waals surface area contributed by atoms with Crippen LogP contribution in [0.5, 0.6) is 0 Å². The number of carbonyl (C=O) groups excluding carboxylic acids is 1. The molecule has 3 rings (SSSR count). The van der Waals surface area contributed by atoms with Gasteiger partial charge in [-0.05, 0) is 32.8 Å². The third kappa shape index (κ3) is 4.75. The van der Waals surface area contributed by atoms with E-state index in [0.29, 0.717) is 12.3 Å². The van der Waals surface area contributed by atoms with Gasteiger partial charge in [0.25, 0.3) is 0 Å². The largest absolute Gasteiger partial charge is 0.361 e. The molecule has 1 saturated carbocycles. The fourth-order valence-corrected chi connectivity index (χ4v) is 5.85. The SMILES string of the molecule is Cc1noc(C)c1/C=C1/SCCN1C(=O)CN(C1CCCCC1)S(C)(=O)=O. The molecule has 0 aromatic carbocycles. The number of aromatic nitrogens is 1. The van der Waals surface area contributed by atoms with Crippen molar-refractivity contribution in [3.63, 3.8) is 0 Å². The number of rotatable bonds is 5. The Morgan fingerprint density at radius 2 is 2.04 bits per heavy atom. The van der Waals surface area contributed by atoms with Gasteiger partial charge in [0, 0.05) is 23.9 Å². The third-order valence-corrected chi connectivity index (χ3v) is 7.49. The van der Waals surface area contributed by atoms with Gasteiger partial charge in [-0.1, -0.05) is 24.4 Å². The average Bonchev–Trinajstić information content (AvgIpc) is 3.21. The number of hydrogen-bond donors (Lipinski definition) is 0. The number of nitrogens with zero attached hydrogens (tertiary/aromatic N) is 3. The molecular weight excluding hydrogens is 386 g/mol. The molecule has 0 bridgehead atoms. The van der Waals surface area contributed by atoms with Crippen LogP contribution in [0.2, 0.25) is 0 Å². The Morgan fingerprint density at radius 3 is 2.63 bits per heavy atom. The Bertz CT molecular complexity index is 806. The van der Waals surface area contributed by atoms with Gasteiger partial charge in [0.05, 0.1) is 23.5 Å². The van der Waals surface area contributed by atoms with Crippen LogP contribution in [0.1, 0.15) is 49.1 Å². The van der Waals surface area contributed by atoms with Crippen molar-refractivity contribution in [1.82, 2.24) is 14.4 Å². The fraction of sp³-hybridized carbons (Fsp3) is 0.667. The highest BCUT2D eigenvalue weighted by Gasteiger charge is 2.33. The van der Waals surface area contributed by atoms with E-state index in [1.807, 2.05) is 19.9 Å². The van der Waals surface area contributed by atoms with Gasteiger partial charge in [-0.3, -0.25) is 4.79 Å². The lowest BCUT2D eigenvalue weighted by atomic mass is 9.95. The van der Waals surface area contributed by atoms with Crippen molar-refractivity contribution in [1.29, 1.82) is 0 Å². The number of sulfonamides is 1. The summed E-state index contributed by atoms with van der Waals surface area (Å²) in [6.07, 6.45) is 7.95. The van der Waals surface area contributed by atoms with Crippen LogP contribution in [0, 0.1) is 13.8 Å². The van der Waals surface area contributed by atoms with Crippen molar-refractivity contribution in [2.45, 2.75) is 52.0 Å². The minimum atomic E-state index is -3.44. The van der Waals surface area contributed by atoms with Crippen molar-refractivity contribution in [2.75, 3.05) is 25.1 Å². The van der Waals surface area contributed by atoms with Gasteiger partial charge in [0.1, 0.15) is 5.76 Å². The van der Waals surface area contributed by atoms with Gasteiger partial charge in [-0.15, -0.1) is 11.8 Å². The maximum Gasteiger partial charge on any atom is 0.242 e. The molecule has 0 radical (unpaired) electrons. The van der Waals surface area contributed by atoms with Crippen LogP contribution < -0.4 is 0 Å². The first-order valence-electron chi connectivity index (χ1n) is 9.32. The normalized spacial score (nSPS) is 20.7. The number of carbonyl (C=O) groups is 1. The maximum atomic E-state index is 13.0. The summed E-state index contributed by atoms with van der Waals surface area (Å²) in [6, 6.07) is -0.0667. The molecule has 150 valence electrons. The second-order valence-electron chi connectivity index (χ2n) is 7.21. The summed E-state index contributed by atoms with van der Waals surface area (Å²) < 4.78 is 31.2. The number of amides is 1. The van der Waals surface area contributed by atoms with Crippen LogP contribution in [0.25, 0.3) is 6.08 Å². The lowest BCUT2D eigenvalue weighted by Gasteiger charge is -2.33. The van der Waals surface area contributed by atoms with Crippen LogP contribution >= 0.6 is 11.8 Å². The van der Waals surface area contributed by atoms with Crippen molar-refractivity contribution in [3.05, 3.63) is 22.0 Å². The van der Waals surface area contributed by atoms with Crippen molar-refractivity contribution in [3.8, 4) is 0 Å². The molecule has 1 aliphatic carbocycles. The lowest BCUT2D eigenvalue weighted by molar-refractivity contribution is -0.129. The summed E-state index contributed by atoms with van der Waals surface area (Å²) in [7, 11) is -3.44. The van der Waals surface area contributed by atoms with E-state index in [2.05, 4.69) is 5.16 Å². The van der Waals surface area contributed by atoms with Gasteiger partial charge >= 0.3 is 0 Å². The first kappa shape index (κ1) is 20.4. The molecule has 1 saturated heterocycles. The van der Waals surface area contributed by atoms with E-state index in [-0.39, 0.29) is 18.5 Å². The standard InChI is InChI=1S/C18H27N3O4S2/c1-13-16(14(2)25-19-13)11-18-20(9-10-26-18)17(22)12-21(27(3,23)24)15-7-5-4-6-8-15/h11,15H,4-10,12H2,1-3H3/b18-11+. The molecule has 2 aliphatic rings. The number of hydrogen-bond acceptors (Lipinski definition) is 6. The lowest BCUT2D eigenvalue weighted by Crippen LogP contribution is -2.47. The Balaban J connectivity index is 1.78. The molecule has 0 N–H and O–H groups in total. The second kappa shape index (κ2) is 8.36. The molecule has 0 atom stereocenters. The molecule has 1 aliphatic heterocycles. The average molecular weight is 414 g/mol. The summed E-state index contributed by atoms with van der Waals surface area (Å²) in [6.45, 7) is 4.19. The zero-order valence-corrected chi connectivity index (χ0v) is 17.7. The number of aryl methyl sites for hydroxylation is 2. The van der Waals surface area contributed by atoms with Crippen LogP contribution in [0.4, 0.5) is 0 Å². The van der Waals surface area contributed by atoms with Crippen molar-refractivity contribution < 1.29 is 17.7 Å². The van der Waals surface area contributed by atoms with E-state index >= 15 is 0 Å². The Labute approximate surface area is 165 Å². The summed E-state index contributed by atoms with van der Waals surface area (Å²) >= 11 is 1.59. The highest BCUT2D eigenvalue weighted by Crippen LogP contribution is 2.32. The molecule has 1 aromatic rings. The molecule has 27 heavy (non-hydrogen) atoms. The van der Waals surface area contributed by atoms with E-state index in [1.165, 1.54) is 10.6 Å². The summed E-state index contributed by atoms with van der Waals surface area (Å²) in [5, 5.41) is 4.78. The predicted molar refractivity (Wildman–Crippen MR) is 107 cm³/mol. The van der Waals surface area contributed by atoms with Gasteiger partial charge in [0.2, 0.25) is 15.9 Å². The van der Waals surface area contributed by atoms with Gasteiger partial charge in [-0.25, -0.2) is 8.42 Å². The first-order valence-corrected chi connectivity index (χ1v) is 12.2. The highest BCUT2D eigenvalue weighted by molar-refractivity contribution is 8.03. The molecule has 1 aromatic heterocycles. The summed E-state index contributed by atoms with van der Waals surface area (Å²) in [5.41, 5.74) is 1.66. The Morgan fingerprint density at radius 1 is 1.33 bits per heavy atom. The predicted octanol–water partition coefficient (Wildman–Crippen LogP) is 2.76. The topological polar surface area (TPSA) is 83.7 Å². The van der Waals surface area contributed by atoms with E-state index in [4.69, 9.17) is 4.52 Å². The monoisotopic (exact) mass is 413 g/mol. The summed E-state index contributed by atoms with van der Waals surface area (Å²) in [5.74, 6) is 1.33. The summed E-state index contributed by atoms with van der Waals surface area (Å²) in [4.78, 5) is 14.7. The molecule has 0 unspecified atom stereocenters. The first-order chi connectivity index (χ1) is 12.8. The quantitative estimate of drug-likeness (QED) is 0.738. The molecule has 1 amide bonds. The van der Waals surface area contributed by atoms with Crippen LogP contribution in [0.15, 0.2) is 9.55 Å². The van der Waals surface area contributed by atoms with Gasteiger partial charge < -0.3 is 9.42 Å². The van der Waals surface area contributed by atoms with E-state index in [0.717, 1.165) is 54.1 Å². The minimum absolute atomic E-state index is 0.0667. The molecular formula is C18H27N3O4S2. The van der Waals surface area contributed by atoms with Crippen molar-refractivity contribution in [2.24, 2.45) is 0 Å². The molecule has 7 nitrogen and oxygen atoms in total. The smallest absolute Gasteiger partial charge is 0.242 e. The Kier molecular flexibility index (Phi) is 6.32. The zero-order valence-electron chi connectivity index (χ0n) is 16.1. The van der Waals surface area contributed by atoms with Crippen molar-refractivity contribution >= 4 is 33.8 Å². The van der Waals surface area contributed by atoms with E-state index in [1.54, 1.807) is 16.7 Å². The van der Waals surface area contributed by atoms with E-state index < -0.39 is 10.0 Å². The molecule has 2 fully saturated rings. The minimum Gasteiger partial charge on any atom is -0.361 e. The molecule has 2 heterocycles. The third-order valence-electron chi connectivity index (χ3n) is 5.19. The van der Waals surface area contributed by atoms with E-state index in [9.17, 15) is 13.2 Å². The van der Waals surface area contributed by atoms with Crippen LogP contribution in [0.3, 0.4) is 0 Å². The second-order valence-corrected chi connectivity index (χ2v) is 10.3. The zero-order chi connectivity index (χ0) is 19.6. The Hall–Kier alpha value is -1.32. The number of thioether (sulfide) groups is 1. The molecule has 9 heteroatoms. The van der Waals surface area contributed by atoms with Gasteiger partial charge in [0.15, 0.2) is 0 Å². The molecule has 0 spiro atoms. The van der Waals surface area contributed by atoms with Gasteiger partial charge in [-0.2, -0.15) is 4.31 Å². The fourth-order valence-electron chi connectivity index (χ4n) is 3.72. The van der Waals surface area contributed by atoms with Crippen LogP contribution in [-0.4, -0.2) is 59.8 Å². The van der Waals surface area contributed by atoms with Crippen LogP contribution in [-0.2, 0) is 14.8 Å².